The van der Waals surface area contributed by atoms with E-state index < -0.39 is 8.32 Å². The summed E-state index contributed by atoms with van der Waals surface area (Å²) in [6, 6.07) is 12.7. The maximum Gasteiger partial charge on any atom is 0.350 e. The van der Waals surface area contributed by atoms with Gasteiger partial charge >= 0.3 is 5.97 Å². The Hall–Kier alpha value is -1.63. The van der Waals surface area contributed by atoms with Crippen molar-refractivity contribution >= 4 is 31.3 Å². The number of rotatable bonds is 7. The van der Waals surface area contributed by atoms with Crippen molar-refractivity contribution in [3.63, 3.8) is 0 Å². The van der Waals surface area contributed by atoms with E-state index in [1.807, 2.05) is 25.1 Å². The van der Waals surface area contributed by atoms with Gasteiger partial charge in [-0.2, -0.15) is 0 Å². The number of nitrogens with one attached hydrogen (secondary N) is 1. The molecule has 0 atom stereocenters. The lowest BCUT2D eigenvalue weighted by molar-refractivity contribution is 0.0533. The first-order chi connectivity index (χ1) is 14.6. The van der Waals surface area contributed by atoms with Gasteiger partial charge in [0, 0.05) is 17.0 Å². The highest BCUT2D eigenvalue weighted by atomic mass is 32.1. The molecule has 3 rings (SSSR count). The zero-order valence-electron chi connectivity index (χ0n) is 19.8. The van der Waals surface area contributed by atoms with Crippen LogP contribution in [0.2, 0.25) is 18.1 Å². The van der Waals surface area contributed by atoms with Crippen molar-refractivity contribution in [1.29, 1.82) is 0 Å². The van der Waals surface area contributed by atoms with Crippen LogP contribution in [0.4, 0.5) is 5.69 Å². The molecule has 2 aromatic rings. The average molecular weight is 460 g/mol. The third-order valence-corrected chi connectivity index (χ3v) is 12.3. The fourth-order valence-corrected chi connectivity index (χ4v) is 6.17. The standard InChI is InChI=1S/C25H37NO3SSi/c1-7-28-24(27)23-21(17-22(30-23)18-11-9-8-10-12-18)26-19-13-15-20(16-14-19)29-31(5,6)25(2,3)4/h8-12,17,19-20,26H,7,13-16H2,1-6H3/t19-,20+. The first-order valence-electron chi connectivity index (χ1n) is 11.4. The molecule has 0 unspecified atom stereocenters. The first-order valence-corrected chi connectivity index (χ1v) is 15.1. The van der Waals surface area contributed by atoms with Gasteiger partial charge in [-0.3, -0.25) is 0 Å². The van der Waals surface area contributed by atoms with Crippen molar-refractivity contribution in [3.8, 4) is 10.4 Å². The molecular formula is C25H37NO3SSi. The number of hydrogen-bond donors (Lipinski definition) is 1. The van der Waals surface area contributed by atoms with Crippen LogP contribution in [0.25, 0.3) is 10.4 Å². The Balaban J connectivity index is 1.68. The summed E-state index contributed by atoms with van der Waals surface area (Å²) in [6.07, 6.45) is 4.59. The smallest absolute Gasteiger partial charge is 0.350 e. The average Bonchev–Trinajstić information content (AvgIpc) is 3.13. The molecule has 1 aliphatic rings. The zero-order chi connectivity index (χ0) is 22.6. The molecule has 170 valence electrons. The lowest BCUT2D eigenvalue weighted by atomic mass is 9.93. The Bertz CT molecular complexity index is 865. The van der Waals surface area contributed by atoms with Crippen LogP contribution < -0.4 is 5.32 Å². The first kappa shape index (κ1) is 24.0. The van der Waals surface area contributed by atoms with Crippen LogP contribution in [-0.2, 0) is 9.16 Å². The molecule has 0 aliphatic heterocycles. The van der Waals surface area contributed by atoms with E-state index in [1.165, 1.54) is 11.3 Å². The van der Waals surface area contributed by atoms with Gasteiger partial charge in [0.25, 0.3) is 0 Å². The minimum Gasteiger partial charge on any atom is -0.462 e. The predicted octanol–water partition coefficient (Wildman–Crippen LogP) is 7.34. The van der Waals surface area contributed by atoms with E-state index in [1.54, 1.807) is 0 Å². The van der Waals surface area contributed by atoms with Gasteiger partial charge in [-0.1, -0.05) is 51.1 Å². The van der Waals surface area contributed by atoms with Crippen molar-refractivity contribution in [3.05, 3.63) is 41.3 Å². The van der Waals surface area contributed by atoms with Crippen molar-refractivity contribution in [2.75, 3.05) is 11.9 Å². The maximum absolute atomic E-state index is 12.6. The molecule has 1 aromatic heterocycles. The van der Waals surface area contributed by atoms with Gasteiger partial charge in [0.15, 0.2) is 8.32 Å². The Morgan fingerprint density at radius 2 is 1.77 bits per heavy atom. The summed E-state index contributed by atoms with van der Waals surface area (Å²) in [4.78, 5) is 14.3. The second-order valence-corrected chi connectivity index (χ2v) is 15.7. The van der Waals surface area contributed by atoms with Gasteiger partial charge in [-0.15, -0.1) is 11.3 Å². The predicted molar refractivity (Wildman–Crippen MR) is 134 cm³/mol. The van der Waals surface area contributed by atoms with Crippen molar-refractivity contribution in [2.24, 2.45) is 0 Å². The lowest BCUT2D eigenvalue weighted by Gasteiger charge is -2.41. The topological polar surface area (TPSA) is 47.6 Å². The number of carbonyl (C=O) groups excluding carboxylic acids is 1. The Morgan fingerprint density at radius 3 is 2.35 bits per heavy atom. The van der Waals surface area contributed by atoms with E-state index in [2.05, 4.69) is 57.4 Å². The summed E-state index contributed by atoms with van der Waals surface area (Å²) in [5.74, 6) is -0.243. The van der Waals surface area contributed by atoms with E-state index in [-0.39, 0.29) is 11.0 Å². The SMILES string of the molecule is CCOC(=O)c1sc(-c2ccccc2)cc1N[C@H]1CC[C@@H](O[Si](C)(C)C(C)(C)C)CC1. The largest absolute Gasteiger partial charge is 0.462 e. The molecule has 6 heteroatoms. The molecule has 31 heavy (non-hydrogen) atoms. The molecule has 0 saturated heterocycles. The third-order valence-electron chi connectivity index (χ3n) is 6.55. The quantitative estimate of drug-likeness (QED) is 0.348. The van der Waals surface area contributed by atoms with Gasteiger partial charge in [0.2, 0.25) is 0 Å². The lowest BCUT2D eigenvalue weighted by Crippen LogP contribution is -2.45. The van der Waals surface area contributed by atoms with E-state index >= 15 is 0 Å². The summed E-state index contributed by atoms with van der Waals surface area (Å²) < 4.78 is 12.0. The Kier molecular flexibility index (Phi) is 7.66. The van der Waals surface area contributed by atoms with Gasteiger partial charge in [-0.25, -0.2) is 4.79 Å². The molecule has 0 bridgehead atoms. The van der Waals surface area contributed by atoms with Crippen molar-refractivity contribution in [2.45, 2.75) is 83.7 Å². The van der Waals surface area contributed by atoms with Crippen LogP contribution in [-0.4, -0.2) is 33.0 Å². The molecule has 1 heterocycles. The Morgan fingerprint density at radius 1 is 1.13 bits per heavy atom. The number of carbonyl (C=O) groups is 1. The molecule has 4 nitrogen and oxygen atoms in total. The summed E-state index contributed by atoms with van der Waals surface area (Å²) in [5.41, 5.74) is 2.02. The number of hydrogen-bond acceptors (Lipinski definition) is 5. The van der Waals surface area contributed by atoms with E-state index in [0.29, 0.717) is 23.6 Å². The van der Waals surface area contributed by atoms with Gasteiger partial charge in [0.1, 0.15) is 4.88 Å². The number of esters is 1. The summed E-state index contributed by atoms with van der Waals surface area (Å²) in [5, 5.41) is 3.90. The minimum absolute atomic E-state index is 0.237. The number of benzene rings is 1. The summed E-state index contributed by atoms with van der Waals surface area (Å²) in [6.45, 7) is 13.8. The summed E-state index contributed by atoms with van der Waals surface area (Å²) in [7, 11) is -1.74. The normalized spacial score (nSPS) is 19.8. The fraction of sp³-hybridized carbons (Fsp3) is 0.560. The molecule has 1 saturated carbocycles. The molecule has 1 fully saturated rings. The van der Waals surface area contributed by atoms with E-state index in [0.717, 1.165) is 41.8 Å². The number of thiophene rings is 1. The molecular weight excluding hydrogens is 422 g/mol. The number of anilines is 1. The van der Waals surface area contributed by atoms with Gasteiger partial charge in [0.05, 0.1) is 12.3 Å². The molecule has 0 radical (unpaired) electrons. The van der Waals surface area contributed by atoms with Gasteiger partial charge in [-0.05, 0) is 62.4 Å². The molecule has 1 aliphatic carbocycles. The maximum atomic E-state index is 12.6. The van der Waals surface area contributed by atoms with Crippen LogP contribution in [0.1, 0.15) is 63.0 Å². The highest BCUT2D eigenvalue weighted by Gasteiger charge is 2.39. The third kappa shape index (κ3) is 5.99. The Labute approximate surface area is 192 Å². The van der Waals surface area contributed by atoms with Crippen LogP contribution in [0.5, 0.6) is 0 Å². The van der Waals surface area contributed by atoms with Gasteiger partial charge < -0.3 is 14.5 Å². The highest BCUT2D eigenvalue weighted by molar-refractivity contribution is 7.18. The molecule has 1 aromatic carbocycles. The van der Waals surface area contributed by atoms with Crippen LogP contribution in [0.15, 0.2) is 36.4 Å². The fourth-order valence-electron chi connectivity index (χ4n) is 3.73. The minimum atomic E-state index is -1.74. The monoisotopic (exact) mass is 459 g/mol. The molecule has 0 spiro atoms. The molecule has 0 amide bonds. The number of ether oxygens (including phenoxy) is 1. The van der Waals surface area contributed by atoms with E-state index in [9.17, 15) is 4.79 Å². The highest BCUT2D eigenvalue weighted by Crippen LogP contribution is 2.40. The second-order valence-electron chi connectivity index (χ2n) is 9.94. The summed E-state index contributed by atoms with van der Waals surface area (Å²) >= 11 is 1.50. The van der Waals surface area contributed by atoms with Crippen LogP contribution >= 0.6 is 11.3 Å². The van der Waals surface area contributed by atoms with Crippen LogP contribution in [0, 0.1) is 0 Å². The zero-order valence-corrected chi connectivity index (χ0v) is 21.6. The second kappa shape index (κ2) is 9.88. The van der Waals surface area contributed by atoms with E-state index in [4.69, 9.17) is 9.16 Å². The van der Waals surface area contributed by atoms with Crippen LogP contribution in [0.3, 0.4) is 0 Å². The van der Waals surface area contributed by atoms with Crippen molar-refractivity contribution in [1.82, 2.24) is 0 Å². The molecule has 1 N–H and O–H groups in total. The van der Waals surface area contributed by atoms with Crippen molar-refractivity contribution < 1.29 is 14.0 Å².